The lowest BCUT2D eigenvalue weighted by Gasteiger charge is -2.08. The largest absolute Gasteiger partial charge is 0.352 e. The number of amides is 1. The fraction of sp³-hybridized carbons (Fsp3) is 0.364. The van der Waals surface area contributed by atoms with E-state index in [1.54, 1.807) is 18.2 Å². The zero-order valence-corrected chi connectivity index (χ0v) is 11.7. The van der Waals surface area contributed by atoms with Crippen molar-refractivity contribution in [1.29, 1.82) is 0 Å². The third kappa shape index (κ3) is 5.13. The summed E-state index contributed by atoms with van der Waals surface area (Å²) in [5, 5.41) is 3.39. The Balaban J connectivity index is 0.00000256. The Bertz CT molecular complexity index is 383. The zero-order chi connectivity index (χ0) is 12.1. The lowest BCUT2D eigenvalue weighted by Crippen LogP contribution is -2.29. The van der Waals surface area contributed by atoms with Gasteiger partial charge in [0.15, 0.2) is 0 Å². The van der Waals surface area contributed by atoms with Gasteiger partial charge in [0.05, 0.1) is 15.6 Å². The van der Waals surface area contributed by atoms with E-state index in [4.69, 9.17) is 28.9 Å². The Morgan fingerprint density at radius 3 is 2.71 bits per heavy atom. The molecule has 0 aliphatic carbocycles. The van der Waals surface area contributed by atoms with Gasteiger partial charge in [-0.25, -0.2) is 0 Å². The minimum absolute atomic E-state index is 0. The molecule has 1 amide bonds. The highest BCUT2D eigenvalue weighted by Gasteiger charge is 2.11. The molecule has 0 heterocycles. The molecule has 0 radical (unpaired) electrons. The number of rotatable bonds is 4. The van der Waals surface area contributed by atoms with Gasteiger partial charge in [0.2, 0.25) is 0 Å². The van der Waals surface area contributed by atoms with Crippen LogP contribution in [-0.4, -0.2) is 18.5 Å². The molecular formula is C11H15Cl3N2O. The molecule has 3 N–H and O–H groups in total. The fourth-order valence-corrected chi connectivity index (χ4v) is 1.57. The quantitative estimate of drug-likeness (QED) is 0.898. The number of halogens is 3. The molecule has 1 aromatic carbocycles. The molecule has 0 saturated heterocycles. The molecule has 1 aromatic rings. The average Bonchev–Trinajstić information content (AvgIpc) is 2.21. The molecule has 1 rings (SSSR count). The molecule has 0 fully saturated rings. The summed E-state index contributed by atoms with van der Waals surface area (Å²) in [7, 11) is 0. The average molecular weight is 298 g/mol. The van der Waals surface area contributed by atoms with Gasteiger partial charge in [-0.2, -0.15) is 0 Å². The van der Waals surface area contributed by atoms with Gasteiger partial charge in [-0.1, -0.05) is 29.3 Å². The Hall–Kier alpha value is -0.480. The van der Waals surface area contributed by atoms with Gasteiger partial charge in [0.1, 0.15) is 0 Å². The highest BCUT2D eigenvalue weighted by Crippen LogP contribution is 2.25. The standard InChI is InChI=1S/C11H14Cl2N2O.ClH/c1-7(14)5-6-15-11(16)8-3-2-4-9(12)10(8)13;/h2-4,7H,5-6,14H2,1H3,(H,15,16);1H. The zero-order valence-electron chi connectivity index (χ0n) is 9.37. The molecule has 3 nitrogen and oxygen atoms in total. The first-order valence-corrected chi connectivity index (χ1v) is 5.75. The van der Waals surface area contributed by atoms with Crippen LogP contribution in [0, 0.1) is 0 Å². The van der Waals surface area contributed by atoms with Crippen LogP contribution in [0.15, 0.2) is 18.2 Å². The van der Waals surface area contributed by atoms with Gasteiger partial charge in [-0.15, -0.1) is 12.4 Å². The molecule has 6 heteroatoms. The number of hydrogen-bond acceptors (Lipinski definition) is 2. The van der Waals surface area contributed by atoms with Crippen molar-refractivity contribution >= 4 is 41.5 Å². The monoisotopic (exact) mass is 296 g/mol. The van der Waals surface area contributed by atoms with Crippen LogP contribution in [0.3, 0.4) is 0 Å². The summed E-state index contributed by atoms with van der Waals surface area (Å²) in [5.74, 6) is -0.229. The van der Waals surface area contributed by atoms with Gasteiger partial charge >= 0.3 is 0 Å². The smallest absolute Gasteiger partial charge is 0.252 e. The summed E-state index contributed by atoms with van der Waals surface area (Å²) < 4.78 is 0. The molecule has 96 valence electrons. The molecule has 0 bridgehead atoms. The predicted molar refractivity (Wildman–Crippen MR) is 74.3 cm³/mol. The third-order valence-electron chi connectivity index (χ3n) is 2.08. The molecular weight excluding hydrogens is 282 g/mol. The van der Waals surface area contributed by atoms with Crippen LogP contribution in [0.2, 0.25) is 10.0 Å². The van der Waals surface area contributed by atoms with Crippen LogP contribution >= 0.6 is 35.6 Å². The highest BCUT2D eigenvalue weighted by molar-refractivity contribution is 6.43. The number of carbonyl (C=O) groups excluding carboxylic acids is 1. The van der Waals surface area contributed by atoms with E-state index in [0.29, 0.717) is 17.1 Å². The van der Waals surface area contributed by atoms with Crippen molar-refractivity contribution in [2.24, 2.45) is 5.73 Å². The Labute approximate surface area is 117 Å². The van der Waals surface area contributed by atoms with Crippen molar-refractivity contribution in [3.05, 3.63) is 33.8 Å². The minimum Gasteiger partial charge on any atom is -0.352 e. The first-order chi connectivity index (χ1) is 7.52. The van der Waals surface area contributed by atoms with Crippen molar-refractivity contribution in [2.45, 2.75) is 19.4 Å². The van der Waals surface area contributed by atoms with Crippen LogP contribution in [0.25, 0.3) is 0 Å². The van der Waals surface area contributed by atoms with E-state index >= 15 is 0 Å². The van der Waals surface area contributed by atoms with Crippen molar-refractivity contribution < 1.29 is 4.79 Å². The summed E-state index contributed by atoms with van der Waals surface area (Å²) in [6.07, 6.45) is 0.726. The van der Waals surface area contributed by atoms with Crippen LogP contribution in [-0.2, 0) is 0 Å². The summed E-state index contributed by atoms with van der Waals surface area (Å²) >= 11 is 11.7. The Morgan fingerprint density at radius 2 is 2.12 bits per heavy atom. The molecule has 0 saturated carbocycles. The summed E-state index contributed by atoms with van der Waals surface area (Å²) in [5.41, 5.74) is 5.96. The maximum atomic E-state index is 11.7. The van der Waals surface area contributed by atoms with E-state index in [9.17, 15) is 4.79 Å². The molecule has 1 unspecified atom stereocenters. The lowest BCUT2D eigenvalue weighted by molar-refractivity contribution is 0.0953. The van der Waals surface area contributed by atoms with E-state index in [0.717, 1.165) is 6.42 Å². The maximum Gasteiger partial charge on any atom is 0.252 e. The Morgan fingerprint density at radius 1 is 1.47 bits per heavy atom. The van der Waals surface area contributed by atoms with Gasteiger partial charge in [-0.05, 0) is 25.5 Å². The normalized spacial score (nSPS) is 11.5. The van der Waals surface area contributed by atoms with Gasteiger partial charge < -0.3 is 11.1 Å². The predicted octanol–water partition coefficient (Wildman–Crippen LogP) is 2.88. The minimum atomic E-state index is -0.229. The topological polar surface area (TPSA) is 55.1 Å². The van der Waals surface area contributed by atoms with Crippen molar-refractivity contribution in [3.63, 3.8) is 0 Å². The van der Waals surface area contributed by atoms with E-state index in [2.05, 4.69) is 5.32 Å². The van der Waals surface area contributed by atoms with Crippen LogP contribution in [0.4, 0.5) is 0 Å². The molecule has 0 aliphatic heterocycles. The Kier molecular flexibility index (Phi) is 7.55. The number of carbonyl (C=O) groups is 1. The van der Waals surface area contributed by atoms with Gasteiger partial charge in [0.25, 0.3) is 5.91 Å². The van der Waals surface area contributed by atoms with E-state index in [1.165, 1.54) is 0 Å². The van der Waals surface area contributed by atoms with E-state index in [-0.39, 0.29) is 29.4 Å². The molecule has 17 heavy (non-hydrogen) atoms. The second-order valence-corrected chi connectivity index (χ2v) is 4.41. The maximum absolute atomic E-state index is 11.7. The first-order valence-electron chi connectivity index (χ1n) is 5.00. The number of nitrogens with two attached hydrogens (primary N) is 1. The summed E-state index contributed by atoms with van der Waals surface area (Å²) in [6, 6.07) is 5.03. The van der Waals surface area contributed by atoms with Crippen LogP contribution in [0.1, 0.15) is 23.7 Å². The second-order valence-electron chi connectivity index (χ2n) is 3.62. The number of nitrogens with one attached hydrogen (secondary N) is 1. The SMILES string of the molecule is CC(N)CCNC(=O)c1cccc(Cl)c1Cl.Cl. The number of hydrogen-bond donors (Lipinski definition) is 2. The van der Waals surface area contributed by atoms with Crippen molar-refractivity contribution in [2.75, 3.05) is 6.54 Å². The summed E-state index contributed by atoms with van der Waals surface area (Å²) in [6.45, 7) is 2.41. The van der Waals surface area contributed by atoms with Gasteiger partial charge in [-0.3, -0.25) is 4.79 Å². The second kappa shape index (κ2) is 7.77. The molecule has 0 aromatic heterocycles. The van der Waals surface area contributed by atoms with E-state index in [1.807, 2.05) is 6.92 Å². The summed E-state index contributed by atoms with van der Waals surface area (Å²) in [4.78, 5) is 11.7. The fourth-order valence-electron chi connectivity index (χ4n) is 1.19. The highest BCUT2D eigenvalue weighted by atomic mass is 35.5. The lowest BCUT2D eigenvalue weighted by atomic mass is 10.2. The van der Waals surface area contributed by atoms with Crippen LogP contribution in [0.5, 0.6) is 0 Å². The first kappa shape index (κ1) is 16.5. The molecule has 1 atom stereocenters. The van der Waals surface area contributed by atoms with E-state index < -0.39 is 0 Å². The number of benzene rings is 1. The van der Waals surface area contributed by atoms with Crippen LogP contribution < -0.4 is 11.1 Å². The van der Waals surface area contributed by atoms with Crippen molar-refractivity contribution in [1.82, 2.24) is 5.32 Å². The molecule has 0 aliphatic rings. The molecule has 0 spiro atoms. The third-order valence-corrected chi connectivity index (χ3v) is 2.90. The van der Waals surface area contributed by atoms with Gasteiger partial charge in [0, 0.05) is 12.6 Å². The van der Waals surface area contributed by atoms with Crippen molar-refractivity contribution in [3.8, 4) is 0 Å².